The van der Waals surface area contributed by atoms with Crippen molar-refractivity contribution in [2.24, 2.45) is 0 Å². The normalized spacial score (nSPS) is 12.0. The number of hydrogen-bond donors (Lipinski definition) is 2. The minimum Gasteiger partial charge on any atom is -0.497 e. The van der Waals surface area contributed by atoms with E-state index in [1.165, 1.54) is 23.1 Å². The molecule has 0 bridgehead atoms. The van der Waals surface area contributed by atoms with E-state index in [0.29, 0.717) is 59.3 Å². The van der Waals surface area contributed by atoms with Gasteiger partial charge in [-0.15, -0.1) is 11.3 Å². The van der Waals surface area contributed by atoms with E-state index < -0.39 is 5.25 Å². The summed E-state index contributed by atoms with van der Waals surface area (Å²) in [5, 5.41) is 6.63. The predicted molar refractivity (Wildman–Crippen MR) is 157 cm³/mol. The molecule has 0 aliphatic carbocycles. The molecule has 11 heteroatoms. The fourth-order valence-electron chi connectivity index (χ4n) is 4.09. The van der Waals surface area contributed by atoms with Crippen molar-refractivity contribution in [2.45, 2.75) is 43.1 Å². The molecule has 39 heavy (non-hydrogen) atoms. The number of methoxy groups -OCH3 is 2. The maximum Gasteiger partial charge on any atom is 0.272 e. The number of amides is 2. The molecule has 9 nitrogen and oxygen atoms in total. The molecular weight excluding hydrogens is 536 g/mol. The Balaban J connectivity index is 1.62. The van der Waals surface area contributed by atoms with E-state index in [9.17, 15) is 14.4 Å². The smallest absolute Gasteiger partial charge is 0.272 e. The van der Waals surface area contributed by atoms with E-state index in [2.05, 4.69) is 10.6 Å². The molecule has 0 spiro atoms. The highest BCUT2D eigenvalue weighted by Gasteiger charge is 2.23. The molecule has 0 aliphatic heterocycles. The number of nitrogens with one attached hydrogen (secondary N) is 2. The van der Waals surface area contributed by atoms with Crippen molar-refractivity contribution in [1.82, 2.24) is 14.9 Å². The van der Waals surface area contributed by atoms with Crippen molar-refractivity contribution in [2.75, 3.05) is 32.7 Å². The third kappa shape index (κ3) is 6.97. The third-order valence-electron chi connectivity index (χ3n) is 6.11. The number of benzene rings is 2. The summed E-state index contributed by atoms with van der Waals surface area (Å²) in [4.78, 5) is 44.1. The van der Waals surface area contributed by atoms with E-state index in [-0.39, 0.29) is 23.8 Å². The summed E-state index contributed by atoms with van der Waals surface area (Å²) in [7, 11) is 3.15. The SMILES string of the molecule is CC[C@H](Sc1nc2c(sc3ccccc32)c(=O)n1CCCC(=O)NCCOC)C(=O)Nc1cccc(OC)c1. The first-order valence-corrected chi connectivity index (χ1v) is 14.4. The fraction of sp³-hybridized carbons (Fsp3) is 0.357. The van der Waals surface area contributed by atoms with Crippen molar-refractivity contribution in [3.63, 3.8) is 0 Å². The number of ether oxygens (including phenoxy) is 2. The van der Waals surface area contributed by atoms with Gasteiger partial charge in [0, 0.05) is 48.5 Å². The first-order valence-electron chi connectivity index (χ1n) is 12.7. The molecule has 2 amide bonds. The molecule has 4 aromatic rings. The van der Waals surface area contributed by atoms with Crippen LogP contribution in [0.1, 0.15) is 26.2 Å². The quantitative estimate of drug-likeness (QED) is 0.137. The molecule has 0 unspecified atom stereocenters. The second-order valence-corrected chi connectivity index (χ2v) is 11.0. The summed E-state index contributed by atoms with van der Waals surface area (Å²) < 4.78 is 13.4. The zero-order chi connectivity index (χ0) is 27.8. The minimum atomic E-state index is -0.492. The lowest BCUT2D eigenvalue weighted by Gasteiger charge is -2.18. The maximum atomic E-state index is 13.7. The standard InChI is InChI=1S/C28H32N4O5S2/c1-4-21(26(34)30-18-9-7-10-19(17-18)37-3)39-28-31-24-20-11-5-6-12-22(20)38-25(24)27(35)32(28)15-8-13-23(33)29-14-16-36-2/h5-7,9-12,17,21H,4,8,13-16H2,1-3H3,(H,29,33)(H,30,34)/t21-/m0/s1. The summed E-state index contributed by atoms with van der Waals surface area (Å²) in [6.07, 6.45) is 1.25. The molecule has 2 N–H and O–H groups in total. The molecule has 0 radical (unpaired) electrons. The van der Waals surface area contributed by atoms with Crippen LogP contribution in [0.4, 0.5) is 5.69 Å². The monoisotopic (exact) mass is 568 g/mol. The van der Waals surface area contributed by atoms with Gasteiger partial charge >= 0.3 is 0 Å². The van der Waals surface area contributed by atoms with E-state index in [1.807, 2.05) is 43.3 Å². The van der Waals surface area contributed by atoms with E-state index in [1.54, 1.807) is 30.9 Å². The first kappa shape index (κ1) is 28.6. The van der Waals surface area contributed by atoms with Crippen LogP contribution in [0.15, 0.2) is 58.5 Å². The zero-order valence-electron chi connectivity index (χ0n) is 22.2. The zero-order valence-corrected chi connectivity index (χ0v) is 23.8. The number of aromatic nitrogens is 2. The Bertz CT molecular complexity index is 1520. The largest absolute Gasteiger partial charge is 0.497 e. The highest BCUT2D eigenvalue weighted by Crippen LogP contribution is 2.33. The number of rotatable bonds is 13. The number of carbonyl (C=O) groups excluding carboxylic acids is 2. The first-order chi connectivity index (χ1) is 18.9. The van der Waals surface area contributed by atoms with Gasteiger partial charge in [-0.1, -0.05) is 43.0 Å². The fourth-order valence-corrected chi connectivity index (χ4v) is 6.22. The average Bonchev–Trinajstić information content (AvgIpc) is 3.32. The van der Waals surface area contributed by atoms with Crippen molar-refractivity contribution in [3.05, 3.63) is 58.9 Å². The molecule has 1 atom stereocenters. The summed E-state index contributed by atoms with van der Waals surface area (Å²) >= 11 is 2.68. The van der Waals surface area contributed by atoms with Gasteiger partial charge in [0.2, 0.25) is 11.8 Å². The lowest BCUT2D eigenvalue weighted by Crippen LogP contribution is -2.29. The molecule has 4 rings (SSSR count). The summed E-state index contributed by atoms with van der Waals surface area (Å²) in [6.45, 7) is 3.11. The maximum absolute atomic E-state index is 13.7. The average molecular weight is 569 g/mol. The Hall–Kier alpha value is -3.41. The Morgan fingerprint density at radius 2 is 1.97 bits per heavy atom. The van der Waals surface area contributed by atoms with Crippen LogP contribution in [0.2, 0.25) is 0 Å². The van der Waals surface area contributed by atoms with Crippen LogP contribution in [0, 0.1) is 0 Å². The minimum absolute atomic E-state index is 0.102. The Morgan fingerprint density at radius 1 is 1.15 bits per heavy atom. The van der Waals surface area contributed by atoms with E-state index in [0.717, 1.165) is 10.1 Å². The van der Waals surface area contributed by atoms with Gasteiger partial charge in [-0.3, -0.25) is 19.0 Å². The topological polar surface area (TPSA) is 112 Å². The van der Waals surface area contributed by atoms with Gasteiger partial charge in [0.15, 0.2) is 5.16 Å². The van der Waals surface area contributed by atoms with Crippen molar-refractivity contribution >= 4 is 60.9 Å². The summed E-state index contributed by atoms with van der Waals surface area (Å²) in [5.74, 6) is 0.351. The number of anilines is 1. The number of thioether (sulfide) groups is 1. The second kappa shape index (κ2) is 13.6. The lowest BCUT2D eigenvalue weighted by atomic mass is 10.2. The predicted octanol–water partition coefficient (Wildman–Crippen LogP) is 4.67. The van der Waals surface area contributed by atoms with Gasteiger partial charge in [0.25, 0.3) is 5.56 Å². The van der Waals surface area contributed by atoms with Gasteiger partial charge in [-0.05, 0) is 31.0 Å². The van der Waals surface area contributed by atoms with Crippen molar-refractivity contribution in [3.8, 4) is 5.75 Å². The number of fused-ring (bicyclic) bond motifs is 3. The van der Waals surface area contributed by atoms with Crippen molar-refractivity contribution in [1.29, 1.82) is 0 Å². The Morgan fingerprint density at radius 3 is 2.74 bits per heavy atom. The Labute approximate surface area is 234 Å². The molecular formula is C28H32N4O5S2. The van der Waals surface area contributed by atoms with E-state index >= 15 is 0 Å². The Kier molecular flexibility index (Phi) is 9.96. The summed E-state index contributed by atoms with van der Waals surface area (Å²) in [6, 6.07) is 15.0. The van der Waals surface area contributed by atoms with Gasteiger partial charge < -0.3 is 20.1 Å². The van der Waals surface area contributed by atoms with Gasteiger partial charge in [-0.2, -0.15) is 0 Å². The van der Waals surface area contributed by atoms with Crippen LogP contribution in [0.3, 0.4) is 0 Å². The van der Waals surface area contributed by atoms with Gasteiger partial charge in [0.1, 0.15) is 10.4 Å². The molecule has 2 aromatic carbocycles. The molecule has 0 aliphatic rings. The van der Waals surface area contributed by atoms with Crippen LogP contribution in [-0.4, -0.2) is 54.0 Å². The molecule has 0 fully saturated rings. The van der Waals surface area contributed by atoms with Crippen LogP contribution < -0.4 is 20.9 Å². The van der Waals surface area contributed by atoms with Gasteiger partial charge in [0.05, 0.1) is 24.5 Å². The summed E-state index contributed by atoms with van der Waals surface area (Å²) in [5.41, 5.74) is 1.11. The molecule has 2 aromatic heterocycles. The molecule has 206 valence electrons. The van der Waals surface area contributed by atoms with Crippen LogP contribution >= 0.6 is 23.1 Å². The third-order valence-corrected chi connectivity index (χ3v) is 8.61. The highest BCUT2D eigenvalue weighted by atomic mass is 32.2. The van der Waals surface area contributed by atoms with E-state index in [4.69, 9.17) is 14.5 Å². The highest BCUT2D eigenvalue weighted by molar-refractivity contribution is 8.00. The van der Waals surface area contributed by atoms with Crippen LogP contribution in [-0.2, 0) is 20.9 Å². The molecule has 0 saturated carbocycles. The number of nitrogens with zero attached hydrogens (tertiary/aromatic N) is 2. The van der Waals surface area contributed by atoms with Gasteiger partial charge in [-0.25, -0.2) is 4.98 Å². The van der Waals surface area contributed by atoms with Crippen LogP contribution in [0.5, 0.6) is 5.75 Å². The van der Waals surface area contributed by atoms with Crippen LogP contribution in [0.25, 0.3) is 20.3 Å². The molecule has 0 saturated heterocycles. The molecule has 2 heterocycles. The number of carbonyl (C=O) groups is 2. The lowest BCUT2D eigenvalue weighted by molar-refractivity contribution is -0.121. The second-order valence-electron chi connectivity index (χ2n) is 8.81. The number of hydrogen-bond acceptors (Lipinski definition) is 8. The number of thiophene rings is 1. The van der Waals surface area contributed by atoms with Crippen molar-refractivity contribution < 1.29 is 19.1 Å².